The highest BCUT2D eigenvalue weighted by atomic mass is 32.2. The number of hydrogen-bond acceptors (Lipinski definition) is 5. The van der Waals surface area contributed by atoms with Crippen LogP contribution in [0.5, 0.6) is 0 Å². The standard InChI is InChI=1S/C22H20N2O4S2/c25-19(23-17-11-9-16(10-12-17)21(27)28)13-14-24-20(26)18(30-22(24)29)8-4-7-15-5-2-1-3-6-15/h1-12,22,29H,13-14H2,(H,23,25)(H,27,28)/b7-4+,18-8+. The number of nitrogens with one attached hydrogen (secondary N) is 1. The van der Waals surface area contributed by atoms with Crippen molar-refractivity contribution < 1.29 is 19.5 Å². The monoisotopic (exact) mass is 440 g/mol. The Kier molecular flexibility index (Phi) is 7.37. The SMILES string of the molecule is O=C(CCN1C(=O)/C(=C\C=C\c2ccccc2)SC1S)Nc1ccc(C(=O)O)cc1. The lowest BCUT2D eigenvalue weighted by Crippen LogP contribution is -2.32. The molecular weight excluding hydrogens is 420 g/mol. The van der Waals surface area contributed by atoms with Crippen molar-refractivity contribution >= 4 is 53.9 Å². The zero-order valence-corrected chi connectivity index (χ0v) is 17.6. The van der Waals surface area contributed by atoms with Crippen LogP contribution in [-0.4, -0.2) is 39.0 Å². The van der Waals surface area contributed by atoms with Crippen LogP contribution in [0.1, 0.15) is 22.3 Å². The Morgan fingerprint density at radius 3 is 2.50 bits per heavy atom. The minimum absolute atomic E-state index is 0.108. The van der Waals surface area contributed by atoms with Gasteiger partial charge >= 0.3 is 5.97 Å². The number of nitrogens with zero attached hydrogens (tertiary/aromatic N) is 1. The quantitative estimate of drug-likeness (QED) is 0.446. The van der Waals surface area contributed by atoms with Gasteiger partial charge in [0.1, 0.15) is 4.71 Å². The van der Waals surface area contributed by atoms with Crippen LogP contribution in [0.25, 0.3) is 6.08 Å². The molecule has 0 spiro atoms. The van der Waals surface area contributed by atoms with Gasteiger partial charge in [-0.05, 0) is 35.9 Å². The molecule has 0 saturated carbocycles. The van der Waals surface area contributed by atoms with Crippen LogP contribution in [0.2, 0.25) is 0 Å². The normalized spacial score (nSPS) is 17.6. The van der Waals surface area contributed by atoms with Crippen molar-refractivity contribution in [2.24, 2.45) is 0 Å². The van der Waals surface area contributed by atoms with Crippen molar-refractivity contribution in [3.63, 3.8) is 0 Å². The number of hydrogen-bond donors (Lipinski definition) is 3. The van der Waals surface area contributed by atoms with Gasteiger partial charge in [0.2, 0.25) is 5.91 Å². The third-order valence-electron chi connectivity index (χ3n) is 4.30. The van der Waals surface area contributed by atoms with Gasteiger partial charge in [0, 0.05) is 18.7 Å². The molecule has 154 valence electrons. The zero-order valence-electron chi connectivity index (χ0n) is 15.9. The molecule has 2 aromatic rings. The summed E-state index contributed by atoms with van der Waals surface area (Å²) in [7, 11) is 0. The summed E-state index contributed by atoms with van der Waals surface area (Å²) in [6.07, 6.45) is 5.61. The fourth-order valence-corrected chi connectivity index (χ4v) is 4.24. The predicted octanol–water partition coefficient (Wildman–Crippen LogP) is 4.10. The fraction of sp³-hybridized carbons (Fsp3) is 0.136. The Morgan fingerprint density at radius 2 is 1.83 bits per heavy atom. The van der Waals surface area contributed by atoms with E-state index in [2.05, 4.69) is 17.9 Å². The molecule has 30 heavy (non-hydrogen) atoms. The Labute approximate surface area is 184 Å². The summed E-state index contributed by atoms with van der Waals surface area (Å²) in [5.41, 5.74) is 1.68. The van der Waals surface area contributed by atoms with Gasteiger partial charge in [-0.2, -0.15) is 0 Å². The zero-order chi connectivity index (χ0) is 21.5. The highest BCUT2D eigenvalue weighted by Gasteiger charge is 2.33. The van der Waals surface area contributed by atoms with E-state index in [1.165, 1.54) is 36.0 Å². The van der Waals surface area contributed by atoms with E-state index in [1.807, 2.05) is 42.5 Å². The van der Waals surface area contributed by atoms with Crippen LogP contribution >= 0.6 is 24.4 Å². The molecule has 1 aliphatic rings. The van der Waals surface area contributed by atoms with Crippen LogP contribution in [0, 0.1) is 0 Å². The molecule has 2 N–H and O–H groups in total. The Hall–Kier alpha value is -2.97. The number of thiol groups is 1. The lowest BCUT2D eigenvalue weighted by molar-refractivity contribution is -0.125. The number of carbonyl (C=O) groups excluding carboxylic acids is 2. The molecule has 1 aliphatic heterocycles. The predicted molar refractivity (Wildman–Crippen MR) is 122 cm³/mol. The summed E-state index contributed by atoms with van der Waals surface area (Å²) >= 11 is 5.79. The topological polar surface area (TPSA) is 86.7 Å². The first-order valence-corrected chi connectivity index (χ1v) is 10.6. The van der Waals surface area contributed by atoms with Crippen LogP contribution < -0.4 is 5.32 Å². The molecule has 0 aromatic heterocycles. The molecule has 2 aromatic carbocycles. The number of carboxylic acid groups (broad SMARTS) is 1. The third-order valence-corrected chi connectivity index (χ3v) is 5.93. The van der Waals surface area contributed by atoms with E-state index in [4.69, 9.17) is 5.11 Å². The van der Waals surface area contributed by atoms with Crippen LogP contribution in [0.3, 0.4) is 0 Å². The van der Waals surface area contributed by atoms with E-state index < -0.39 is 5.97 Å². The van der Waals surface area contributed by atoms with E-state index in [0.717, 1.165) is 5.56 Å². The maximum atomic E-state index is 12.6. The first-order valence-electron chi connectivity index (χ1n) is 9.16. The van der Waals surface area contributed by atoms with Gasteiger partial charge in [-0.25, -0.2) is 4.79 Å². The molecule has 1 atom stereocenters. The van der Waals surface area contributed by atoms with Crippen LogP contribution in [0.4, 0.5) is 5.69 Å². The number of rotatable bonds is 7. The van der Waals surface area contributed by atoms with Gasteiger partial charge in [-0.3, -0.25) is 9.59 Å². The van der Waals surface area contributed by atoms with E-state index in [-0.39, 0.29) is 35.0 Å². The summed E-state index contributed by atoms with van der Waals surface area (Å²) in [6.45, 7) is 0.235. The molecule has 8 heteroatoms. The Balaban J connectivity index is 1.53. The van der Waals surface area contributed by atoms with E-state index in [1.54, 1.807) is 11.0 Å². The second kappa shape index (κ2) is 10.2. The lowest BCUT2D eigenvalue weighted by atomic mass is 10.2. The number of benzene rings is 2. The highest BCUT2D eigenvalue weighted by molar-refractivity contribution is 8.14. The summed E-state index contributed by atoms with van der Waals surface area (Å²) < 4.78 is -0.350. The largest absolute Gasteiger partial charge is 0.478 e. The molecule has 0 bridgehead atoms. The second-order valence-electron chi connectivity index (χ2n) is 6.42. The molecule has 1 fully saturated rings. The molecule has 0 radical (unpaired) electrons. The number of allylic oxidation sites excluding steroid dienone is 2. The molecule has 0 aliphatic carbocycles. The van der Waals surface area contributed by atoms with Crippen molar-refractivity contribution in [3.8, 4) is 0 Å². The smallest absolute Gasteiger partial charge is 0.335 e. The second-order valence-corrected chi connectivity index (χ2v) is 8.38. The van der Waals surface area contributed by atoms with Crippen molar-refractivity contribution in [1.82, 2.24) is 4.90 Å². The molecule has 6 nitrogen and oxygen atoms in total. The maximum absolute atomic E-state index is 12.6. The number of amides is 2. The summed E-state index contributed by atoms with van der Waals surface area (Å²) in [6, 6.07) is 15.7. The lowest BCUT2D eigenvalue weighted by Gasteiger charge is -2.18. The van der Waals surface area contributed by atoms with Gasteiger partial charge in [0.15, 0.2) is 0 Å². The van der Waals surface area contributed by atoms with Crippen molar-refractivity contribution in [2.75, 3.05) is 11.9 Å². The highest BCUT2D eigenvalue weighted by Crippen LogP contribution is 2.37. The first-order chi connectivity index (χ1) is 14.4. The molecule has 3 rings (SSSR count). The fourth-order valence-electron chi connectivity index (χ4n) is 2.74. The van der Waals surface area contributed by atoms with Gasteiger partial charge in [-0.15, -0.1) is 12.6 Å². The molecule has 1 saturated heterocycles. The number of anilines is 1. The molecule has 1 unspecified atom stereocenters. The maximum Gasteiger partial charge on any atom is 0.335 e. The van der Waals surface area contributed by atoms with E-state index in [9.17, 15) is 14.4 Å². The minimum atomic E-state index is -1.03. The van der Waals surface area contributed by atoms with E-state index in [0.29, 0.717) is 10.6 Å². The Morgan fingerprint density at radius 1 is 1.13 bits per heavy atom. The number of carboxylic acids is 1. The number of thioether (sulfide) groups is 1. The summed E-state index contributed by atoms with van der Waals surface area (Å²) in [5, 5.41) is 11.6. The van der Waals surface area contributed by atoms with Crippen LogP contribution in [-0.2, 0) is 9.59 Å². The number of carbonyl (C=O) groups is 3. The molecule has 2 amide bonds. The third kappa shape index (κ3) is 5.77. The average molecular weight is 441 g/mol. The van der Waals surface area contributed by atoms with E-state index >= 15 is 0 Å². The molecular formula is C22H20N2O4S2. The first kappa shape index (κ1) is 21.7. The summed E-state index contributed by atoms with van der Waals surface area (Å²) in [4.78, 5) is 37.8. The van der Waals surface area contributed by atoms with Gasteiger partial charge < -0.3 is 15.3 Å². The minimum Gasteiger partial charge on any atom is -0.478 e. The van der Waals surface area contributed by atoms with Crippen molar-refractivity contribution in [2.45, 2.75) is 11.1 Å². The molecule has 1 heterocycles. The number of aromatic carboxylic acids is 1. The van der Waals surface area contributed by atoms with Crippen molar-refractivity contribution in [3.05, 3.63) is 82.8 Å². The van der Waals surface area contributed by atoms with Gasteiger partial charge in [-0.1, -0.05) is 54.2 Å². The van der Waals surface area contributed by atoms with Crippen LogP contribution in [0.15, 0.2) is 71.7 Å². The van der Waals surface area contributed by atoms with Gasteiger partial charge in [0.05, 0.1) is 10.5 Å². The average Bonchev–Trinajstić information content (AvgIpc) is 3.00. The Bertz CT molecular complexity index is 988. The van der Waals surface area contributed by atoms with Gasteiger partial charge in [0.25, 0.3) is 5.91 Å². The van der Waals surface area contributed by atoms with Crippen molar-refractivity contribution in [1.29, 1.82) is 0 Å². The summed E-state index contributed by atoms with van der Waals surface area (Å²) in [5.74, 6) is -1.45.